The topological polar surface area (TPSA) is 66.5 Å². The second-order valence-corrected chi connectivity index (χ2v) is 9.02. The SMILES string of the molecule is CCc1ccc(CNC(=O)C2CCN(S(=O)(=O)CC)CC2)s1. The number of amides is 1. The quantitative estimate of drug-likeness (QED) is 0.858. The predicted molar refractivity (Wildman–Crippen MR) is 89.3 cm³/mol. The minimum atomic E-state index is -3.12. The number of carbonyl (C=O) groups is 1. The number of carbonyl (C=O) groups excluding carboxylic acids is 1. The second kappa shape index (κ2) is 7.57. The zero-order valence-corrected chi connectivity index (χ0v) is 14.8. The zero-order valence-electron chi connectivity index (χ0n) is 13.2. The molecular weight excluding hydrogens is 320 g/mol. The minimum absolute atomic E-state index is 0.0417. The second-order valence-electron chi connectivity index (χ2n) is 5.51. The maximum absolute atomic E-state index is 12.2. The zero-order chi connectivity index (χ0) is 16.2. The molecule has 1 aromatic heterocycles. The predicted octanol–water partition coefficient (Wildman–Crippen LogP) is 1.99. The van der Waals surface area contributed by atoms with Gasteiger partial charge in [0.05, 0.1) is 12.3 Å². The van der Waals surface area contributed by atoms with Gasteiger partial charge in [-0.2, -0.15) is 0 Å². The molecule has 0 spiro atoms. The molecule has 1 saturated heterocycles. The van der Waals surface area contributed by atoms with Gasteiger partial charge < -0.3 is 5.32 Å². The van der Waals surface area contributed by atoms with Crippen LogP contribution in [-0.2, 0) is 27.8 Å². The first kappa shape index (κ1) is 17.4. The molecule has 5 nitrogen and oxygen atoms in total. The van der Waals surface area contributed by atoms with E-state index in [1.807, 2.05) is 0 Å². The van der Waals surface area contributed by atoms with Crippen LogP contribution < -0.4 is 5.32 Å². The molecule has 0 radical (unpaired) electrons. The van der Waals surface area contributed by atoms with Gasteiger partial charge in [0.2, 0.25) is 15.9 Å². The summed E-state index contributed by atoms with van der Waals surface area (Å²) in [6, 6.07) is 4.15. The third kappa shape index (κ3) is 4.30. The Balaban J connectivity index is 1.80. The molecule has 1 aliphatic rings. The molecule has 0 aromatic carbocycles. The number of hydrogen-bond acceptors (Lipinski definition) is 4. The van der Waals surface area contributed by atoms with Crippen LogP contribution in [0.5, 0.6) is 0 Å². The average molecular weight is 345 g/mol. The van der Waals surface area contributed by atoms with E-state index in [0.29, 0.717) is 32.5 Å². The monoisotopic (exact) mass is 344 g/mol. The van der Waals surface area contributed by atoms with Gasteiger partial charge in [-0.25, -0.2) is 12.7 Å². The summed E-state index contributed by atoms with van der Waals surface area (Å²) in [6.45, 7) is 5.24. The highest BCUT2D eigenvalue weighted by atomic mass is 32.2. The Hall–Kier alpha value is -0.920. The van der Waals surface area contributed by atoms with Gasteiger partial charge in [-0.15, -0.1) is 11.3 Å². The van der Waals surface area contributed by atoms with E-state index in [2.05, 4.69) is 24.4 Å². The Morgan fingerprint density at radius 2 is 1.91 bits per heavy atom. The highest BCUT2D eigenvalue weighted by Crippen LogP contribution is 2.21. The first-order valence-corrected chi connectivity index (χ1v) is 10.2. The molecule has 124 valence electrons. The van der Waals surface area contributed by atoms with Gasteiger partial charge in [0, 0.05) is 28.8 Å². The van der Waals surface area contributed by atoms with Gasteiger partial charge in [-0.05, 0) is 38.3 Å². The molecule has 0 atom stereocenters. The van der Waals surface area contributed by atoms with Gasteiger partial charge in [0.15, 0.2) is 0 Å². The molecule has 1 fully saturated rings. The minimum Gasteiger partial charge on any atom is -0.351 e. The molecule has 0 saturated carbocycles. The molecule has 2 heterocycles. The number of hydrogen-bond donors (Lipinski definition) is 1. The number of nitrogens with one attached hydrogen (secondary N) is 1. The standard InChI is InChI=1S/C15H24N2O3S2/c1-3-13-5-6-14(21-13)11-16-15(18)12-7-9-17(10-8-12)22(19,20)4-2/h5-6,12H,3-4,7-11H2,1-2H3,(H,16,18). The molecule has 0 aliphatic carbocycles. The number of piperidine rings is 1. The third-order valence-corrected chi connectivity index (χ3v) is 7.20. The van der Waals surface area contributed by atoms with Gasteiger partial charge in [-0.3, -0.25) is 4.79 Å². The summed E-state index contributed by atoms with van der Waals surface area (Å²) >= 11 is 1.73. The number of aryl methyl sites for hydroxylation is 1. The molecule has 2 rings (SSSR count). The third-order valence-electron chi connectivity index (χ3n) is 4.09. The highest BCUT2D eigenvalue weighted by Gasteiger charge is 2.29. The van der Waals surface area contributed by atoms with Gasteiger partial charge in [0.25, 0.3) is 0 Å². The summed E-state index contributed by atoms with van der Waals surface area (Å²) in [4.78, 5) is 14.7. The van der Waals surface area contributed by atoms with E-state index in [1.165, 1.54) is 9.18 Å². The summed E-state index contributed by atoms with van der Waals surface area (Å²) < 4.78 is 25.1. The Morgan fingerprint density at radius 1 is 1.27 bits per heavy atom. The Morgan fingerprint density at radius 3 is 2.45 bits per heavy atom. The molecule has 1 N–H and O–H groups in total. The van der Waals surface area contributed by atoms with E-state index < -0.39 is 10.0 Å². The number of nitrogens with zero attached hydrogens (tertiary/aromatic N) is 1. The van der Waals surface area contributed by atoms with Gasteiger partial charge in [0.1, 0.15) is 0 Å². The van der Waals surface area contributed by atoms with Crippen LogP contribution in [0, 0.1) is 5.92 Å². The van der Waals surface area contributed by atoms with Crippen LogP contribution in [0.25, 0.3) is 0 Å². The molecule has 22 heavy (non-hydrogen) atoms. The lowest BCUT2D eigenvalue weighted by molar-refractivity contribution is -0.126. The first-order valence-electron chi connectivity index (χ1n) is 7.79. The van der Waals surface area contributed by atoms with Gasteiger partial charge in [-0.1, -0.05) is 6.92 Å². The molecule has 0 bridgehead atoms. The maximum atomic E-state index is 12.2. The van der Waals surface area contributed by atoms with E-state index in [4.69, 9.17) is 0 Å². The average Bonchev–Trinajstić information content (AvgIpc) is 3.00. The van der Waals surface area contributed by atoms with Crippen LogP contribution in [0.2, 0.25) is 0 Å². The van der Waals surface area contributed by atoms with Crippen molar-refractivity contribution in [2.24, 2.45) is 5.92 Å². The molecule has 7 heteroatoms. The largest absolute Gasteiger partial charge is 0.351 e. The Kier molecular flexibility index (Phi) is 6.00. The Bertz CT molecular complexity index is 602. The van der Waals surface area contributed by atoms with Crippen LogP contribution >= 0.6 is 11.3 Å². The molecular formula is C15H24N2O3S2. The van der Waals surface area contributed by atoms with E-state index in [9.17, 15) is 13.2 Å². The van der Waals surface area contributed by atoms with Crippen LogP contribution in [0.1, 0.15) is 36.4 Å². The lowest BCUT2D eigenvalue weighted by atomic mass is 9.97. The number of sulfonamides is 1. The van der Waals surface area contributed by atoms with Crippen molar-refractivity contribution >= 4 is 27.3 Å². The summed E-state index contributed by atoms with van der Waals surface area (Å²) in [7, 11) is -3.12. The first-order chi connectivity index (χ1) is 10.5. The van der Waals surface area contributed by atoms with Crippen LogP contribution in [0.3, 0.4) is 0 Å². The highest BCUT2D eigenvalue weighted by molar-refractivity contribution is 7.89. The van der Waals surface area contributed by atoms with Crippen molar-refractivity contribution in [3.63, 3.8) is 0 Å². The molecule has 1 aliphatic heterocycles. The summed E-state index contributed by atoms with van der Waals surface area (Å²) in [5.74, 6) is 0.0936. The van der Waals surface area contributed by atoms with Crippen LogP contribution in [-0.4, -0.2) is 37.5 Å². The van der Waals surface area contributed by atoms with Crippen molar-refractivity contribution in [1.82, 2.24) is 9.62 Å². The summed E-state index contributed by atoms with van der Waals surface area (Å²) in [5.41, 5.74) is 0. The fraction of sp³-hybridized carbons (Fsp3) is 0.667. The lowest BCUT2D eigenvalue weighted by Gasteiger charge is -2.30. The van der Waals surface area contributed by atoms with E-state index >= 15 is 0 Å². The normalized spacial score (nSPS) is 17.5. The Labute approximate surface area is 136 Å². The maximum Gasteiger partial charge on any atom is 0.223 e. The van der Waals surface area contributed by atoms with Crippen molar-refractivity contribution in [2.75, 3.05) is 18.8 Å². The van der Waals surface area contributed by atoms with Crippen molar-refractivity contribution in [3.8, 4) is 0 Å². The molecule has 0 unspecified atom stereocenters. The smallest absolute Gasteiger partial charge is 0.223 e. The van der Waals surface area contributed by atoms with Crippen LogP contribution in [0.4, 0.5) is 0 Å². The van der Waals surface area contributed by atoms with E-state index in [0.717, 1.165) is 11.3 Å². The molecule has 1 amide bonds. The van der Waals surface area contributed by atoms with E-state index in [-0.39, 0.29) is 17.6 Å². The number of thiophene rings is 1. The van der Waals surface area contributed by atoms with Crippen molar-refractivity contribution < 1.29 is 13.2 Å². The van der Waals surface area contributed by atoms with Crippen molar-refractivity contribution in [3.05, 3.63) is 21.9 Å². The fourth-order valence-electron chi connectivity index (χ4n) is 2.60. The lowest BCUT2D eigenvalue weighted by Crippen LogP contribution is -2.43. The number of rotatable bonds is 6. The summed E-state index contributed by atoms with van der Waals surface area (Å²) in [5, 5.41) is 2.98. The van der Waals surface area contributed by atoms with E-state index in [1.54, 1.807) is 18.3 Å². The van der Waals surface area contributed by atoms with Gasteiger partial charge >= 0.3 is 0 Å². The van der Waals surface area contributed by atoms with Crippen molar-refractivity contribution in [2.45, 2.75) is 39.7 Å². The van der Waals surface area contributed by atoms with Crippen LogP contribution in [0.15, 0.2) is 12.1 Å². The molecule has 1 aromatic rings. The summed E-state index contributed by atoms with van der Waals surface area (Å²) in [6.07, 6.45) is 2.23. The van der Waals surface area contributed by atoms with Crippen molar-refractivity contribution in [1.29, 1.82) is 0 Å². The fourth-order valence-corrected chi connectivity index (χ4v) is 4.63.